The van der Waals surface area contributed by atoms with E-state index >= 15 is 0 Å². The van der Waals surface area contributed by atoms with Crippen LogP contribution in [0.5, 0.6) is 0 Å². The van der Waals surface area contributed by atoms with Gasteiger partial charge in [0.1, 0.15) is 0 Å². The first kappa shape index (κ1) is 43.4. The molecule has 0 aliphatic heterocycles. The Morgan fingerprint density at radius 2 is 0.628 bits per heavy atom. The molecular formula is C76H42N6S4. The van der Waals surface area contributed by atoms with Crippen molar-refractivity contribution in [3.05, 3.63) is 255 Å². The zero-order valence-corrected chi connectivity index (χ0v) is 48.4. The van der Waals surface area contributed by atoms with E-state index in [0.29, 0.717) is 27.8 Å². The van der Waals surface area contributed by atoms with E-state index in [1.807, 2.05) is 41.7 Å². The number of benzene rings is 12. The quantitative estimate of drug-likeness (QED) is 0.176. The molecule has 0 radical (unpaired) electrons. The number of hydrogen-bond donors (Lipinski definition) is 0. The van der Waals surface area contributed by atoms with E-state index < -0.39 is 18.1 Å². The lowest BCUT2D eigenvalue weighted by Crippen LogP contribution is -2.03. The predicted molar refractivity (Wildman–Crippen MR) is 370 cm³/mol. The van der Waals surface area contributed by atoms with Crippen LogP contribution in [0.3, 0.4) is 0 Å². The molecular weight excluding hydrogens is 1130 g/mol. The zero-order valence-electron chi connectivity index (χ0n) is 50.2. The molecule has 0 saturated carbocycles. The van der Waals surface area contributed by atoms with Gasteiger partial charge in [0.05, 0.1) is 60.7 Å². The van der Waals surface area contributed by atoms with Crippen molar-refractivity contribution in [2.75, 3.05) is 0 Å². The van der Waals surface area contributed by atoms with Crippen molar-refractivity contribution in [2.45, 2.75) is 0 Å². The molecule has 0 saturated heterocycles. The monoisotopic (exact) mass is 1170 g/mol. The summed E-state index contributed by atoms with van der Waals surface area (Å²) in [5.41, 5.74) is 8.32. The van der Waals surface area contributed by atoms with E-state index in [1.165, 1.54) is 83.3 Å². The fourth-order valence-electron chi connectivity index (χ4n) is 13.3. The average Bonchev–Trinajstić information content (AvgIpc) is 1.59. The van der Waals surface area contributed by atoms with Crippen molar-refractivity contribution < 1.29 is 6.85 Å². The van der Waals surface area contributed by atoms with Crippen LogP contribution in [0.4, 0.5) is 0 Å². The molecule has 0 N–H and O–H groups in total. The number of para-hydroxylation sites is 2. The topological polar surface area (TPSA) is 61.4 Å². The molecule has 6 nitrogen and oxygen atoms in total. The van der Waals surface area contributed by atoms with Crippen LogP contribution in [0, 0.1) is 0 Å². The highest BCUT2D eigenvalue weighted by Gasteiger charge is 2.27. The van der Waals surface area contributed by atoms with Gasteiger partial charge in [-0.3, -0.25) is 9.13 Å². The van der Waals surface area contributed by atoms with Gasteiger partial charge in [-0.2, -0.15) is 0 Å². The summed E-state index contributed by atoms with van der Waals surface area (Å²) in [6, 6.07) is 76.9. The summed E-state index contributed by atoms with van der Waals surface area (Å²) in [6.45, 7) is 0. The molecule has 400 valence electrons. The first-order valence-electron chi connectivity index (χ1n) is 30.8. The van der Waals surface area contributed by atoms with Gasteiger partial charge in [0.2, 0.25) is 11.9 Å². The second kappa shape index (κ2) is 18.6. The summed E-state index contributed by atoms with van der Waals surface area (Å²) in [5, 5.41) is 16.5. The highest BCUT2D eigenvalue weighted by atomic mass is 32.1. The lowest BCUT2D eigenvalue weighted by Gasteiger charge is -2.12. The molecule has 0 aliphatic rings. The standard InChI is InChI=1S/2C38H21N3S2/c2*1-2-12-22(13-3-1)33-37-34(27-18-8-11-21-30(27)43-37)40-38(39-33)41-28-19-9-6-16-25(28)32-35(41)24-15-5-4-14-23(24)31-26-17-7-10-20-29(26)42-36(31)32/h2*1-21H/i1D,2D,3D,12D,13D;. The fraction of sp³-hybridized carbons (Fsp3) is 0. The maximum Gasteiger partial charge on any atom is 0.235 e. The number of hydrogen-bond acceptors (Lipinski definition) is 8. The smallest absolute Gasteiger partial charge is 0.235 e. The Kier molecular flexibility index (Phi) is 9.42. The third-order valence-corrected chi connectivity index (χ3v) is 21.6. The Labute approximate surface area is 513 Å². The van der Waals surface area contributed by atoms with Crippen molar-refractivity contribution in [3.8, 4) is 34.4 Å². The Bertz CT molecular complexity index is 6530. The Hall–Kier alpha value is -10.2. The van der Waals surface area contributed by atoms with Crippen LogP contribution in [-0.4, -0.2) is 29.1 Å². The van der Waals surface area contributed by atoms with E-state index in [-0.39, 0.29) is 17.6 Å². The minimum absolute atomic E-state index is 0.0683. The van der Waals surface area contributed by atoms with Gasteiger partial charge in [0, 0.05) is 104 Å². The molecule has 86 heavy (non-hydrogen) atoms. The van der Waals surface area contributed by atoms with E-state index in [4.69, 9.17) is 26.8 Å². The number of rotatable bonds is 4. The second-order valence-corrected chi connectivity index (χ2v) is 25.7. The van der Waals surface area contributed by atoms with Crippen molar-refractivity contribution in [3.63, 3.8) is 0 Å². The van der Waals surface area contributed by atoms with Crippen molar-refractivity contribution in [1.29, 1.82) is 0 Å². The Morgan fingerprint density at radius 1 is 0.279 bits per heavy atom. The van der Waals surface area contributed by atoms with Gasteiger partial charge in [-0.25, -0.2) is 19.9 Å². The summed E-state index contributed by atoms with van der Waals surface area (Å²) in [4.78, 5) is 21.2. The molecule has 8 heterocycles. The van der Waals surface area contributed by atoms with E-state index in [2.05, 4.69) is 203 Å². The normalized spacial score (nSPS) is 13.0. The van der Waals surface area contributed by atoms with Gasteiger partial charge < -0.3 is 0 Å². The highest BCUT2D eigenvalue weighted by Crippen LogP contribution is 2.51. The first-order chi connectivity index (χ1) is 44.8. The van der Waals surface area contributed by atoms with Gasteiger partial charge in [-0.05, 0) is 47.2 Å². The van der Waals surface area contributed by atoms with Gasteiger partial charge in [-0.15, -0.1) is 45.3 Å². The van der Waals surface area contributed by atoms with Crippen molar-refractivity contribution in [1.82, 2.24) is 29.1 Å². The summed E-state index contributed by atoms with van der Waals surface area (Å²) >= 11 is 6.90. The van der Waals surface area contributed by atoms with Crippen LogP contribution >= 0.6 is 45.3 Å². The molecule has 20 aromatic rings. The van der Waals surface area contributed by atoms with Crippen LogP contribution < -0.4 is 0 Å². The minimum Gasteiger partial charge on any atom is -0.277 e. The van der Waals surface area contributed by atoms with E-state index in [1.54, 1.807) is 22.7 Å². The van der Waals surface area contributed by atoms with Crippen LogP contribution in [0.15, 0.2) is 255 Å². The van der Waals surface area contributed by atoms with E-state index in [9.17, 15) is 0 Å². The molecule has 0 bridgehead atoms. The maximum atomic E-state index is 8.91. The Balaban J connectivity index is 0.000000131. The zero-order chi connectivity index (χ0) is 60.5. The molecule has 10 heteroatoms. The molecule has 0 aliphatic carbocycles. The highest BCUT2D eigenvalue weighted by molar-refractivity contribution is 7.28. The summed E-state index contributed by atoms with van der Waals surface area (Å²) < 4.78 is 56.4. The lowest BCUT2D eigenvalue weighted by atomic mass is 10.00. The van der Waals surface area contributed by atoms with Gasteiger partial charge in [0.15, 0.2) is 0 Å². The summed E-state index contributed by atoms with van der Waals surface area (Å²) in [6.07, 6.45) is 0. The number of fused-ring (bicyclic) bond motifs is 26. The van der Waals surface area contributed by atoms with Gasteiger partial charge >= 0.3 is 0 Å². The fourth-order valence-corrected chi connectivity index (χ4v) is 18.2. The number of thiophene rings is 4. The SMILES string of the molecule is [2H]c1c([2H])c([2H])c(-c2nc(-n3c4ccccc4c4c5sc6ccccc6c5c5ccccc5c43)nc3c2sc2ccccc23)c([2H])c1[2H].c1ccc(-c2nc(-n3c4ccccc4c4c5sc6ccccc6c5c5ccccc5c43)nc3c2sc2ccccc23)cc1. The van der Waals surface area contributed by atoms with Crippen molar-refractivity contribution >= 4 is 191 Å². The van der Waals surface area contributed by atoms with Crippen LogP contribution in [0.25, 0.3) is 181 Å². The molecule has 0 amide bonds. The van der Waals surface area contributed by atoms with Gasteiger partial charge in [-0.1, -0.05) is 218 Å². The second-order valence-electron chi connectivity index (χ2n) is 21.5. The van der Waals surface area contributed by atoms with Crippen LogP contribution in [-0.2, 0) is 0 Å². The van der Waals surface area contributed by atoms with Crippen molar-refractivity contribution in [2.24, 2.45) is 0 Å². The average molecular weight is 1170 g/mol. The third kappa shape index (κ3) is 6.92. The first-order valence-corrected chi connectivity index (χ1v) is 31.6. The summed E-state index contributed by atoms with van der Waals surface area (Å²) in [5.74, 6) is 1.08. The third-order valence-electron chi connectivity index (χ3n) is 16.9. The van der Waals surface area contributed by atoms with Crippen LogP contribution in [0.1, 0.15) is 6.85 Å². The lowest BCUT2D eigenvalue weighted by molar-refractivity contribution is 1.02. The minimum atomic E-state index is -0.433. The molecule has 0 spiro atoms. The maximum absolute atomic E-state index is 8.91. The van der Waals surface area contributed by atoms with Crippen LogP contribution in [0.2, 0.25) is 0 Å². The molecule has 0 fully saturated rings. The predicted octanol–water partition coefficient (Wildman–Crippen LogP) is 22.3. The number of nitrogens with zero attached hydrogens (tertiary/aromatic N) is 6. The molecule has 0 unspecified atom stereocenters. The molecule has 8 aromatic heterocycles. The Morgan fingerprint density at radius 3 is 1.09 bits per heavy atom. The molecule has 12 aromatic carbocycles. The summed E-state index contributed by atoms with van der Waals surface area (Å²) in [7, 11) is 0. The molecule has 20 rings (SSSR count). The van der Waals surface area contributed by atoms with E-state index in [0.717, 1.165) is 75.2 Å². The van der Waals surface area contributed by atoms with Gasteiger partial charge in [0.25, 0.3) is 0 Å². The molecule has 0 atom stereocenters. The largest absolute Gasteiger partial charge is 0.277 e. The number of aromatic nitrogens is 6.